The Morgan fingerprint density at radius 2 is 2.20 bits per heavy atom. The highest BCUT2D eigenvalue weighted by molar-refractivity contribution is 7.90. The second-order valence-electron chi connectivity index (χ2n) is 5.15. The summed E-state index contributed by atoms with van der Waals surface area (Å²) in [5, 5.41) is 3.29. The maximum atomic E-state index is 12.3. The molecular weight excluding hydrogens is 274 g/mol. The van der Waals surface area contributed by atoms with Gasteiger partial charge in [-0.1, -0.05) is 25.5 Å². The predicted molar refractivity (Wildman–Crippen MR) is 81.9 cm³/mol. The van der Waals surface area contributed by atoms with Crippen molar-refractivity contribution in [2.24, 2.45) is 0 Å². The van der Waals surface area contributed by atoms with Crippen molar-refractivity contribution >= 4 is 15.9 Å². The van der Waals surface area contributed by atoms with E-state index in [9.17, 15) is 8.42 Å². The molecule has 112 valence electrons. The van der Waals surface area contributed by atoms with E-state index in [1.165, 1.54) is 9.87 Å². The number of hydrogen-bond donors (Lipinski definition) is 2. The first-order valence-corrected chi connectivity index (χ1v) is 8.54. The van der Waals surface area contributed by atoms with Gasteiger partial charge in [-0.25, -0.2) is 0 Å². The Kier molecular flexibility index (Phi) is 5.01. The predicted octanol–water partition coefficient (Wildman–Crippen LogP) is 1.72. The van der Waals surface area contributed by atoms with Crippen LogP contribution in [0.5, 0.6) is 0 Å². The van der Waals surface area contributed by atoms with Gasteiger partial charge in [0.25, 0.3) is 0 Å². The Labute approximate surface area is 121 Å². The molecule has 20 heavy (non-hydrogen) atoms. The van der Waals surface area contributed by atoms with Crippen molar-refractivity contribution in [3.63, 3.8) is 0 Å². The van der Waals surface area contributed by atoms with E-state index in [-0.39, 0.29) is 0 Å². The lowest BCUT2D eigenvalue weighted by Crippen LogP contribution is -2.34. The molecule has 5 nitrogen and oxygen atoms in total. The fourth-order valence-corrected chi connectivity index (χ4v) is 3.34. The molecule has 2 rings (SSSR count). The van der Waals surface area contributed by atoms with Crippen LogP contribution in [0.4, 0.5) is 5.69 Å². The standard InChI is InChI=1S/C14H23N3O2S/c1-3-4-10-17(2)20(18,19)16-14-7-5-6-12-11-15-9-8-13(12)14/h5-7,15-16H,3-4,8-11H2,1-2H3. The Balaban J connectivity index is 2.17. The molecule has 0 saturated heterocycles. The Morgan fingerprint density at radius 1 is 1.40 bits per heavy atom. The second-order valence-corrected chi connectivity index (χ2v) is 6.93. The lowest BCUT2D eigenvalue weighted by Gasteiger charge is -2.23. The molecule has 0 atom stereocenters. The van der Waals surface area contributed by atoms with E-state index in [0.717, 1.165) is 37.9 Å². The van der Waals surface area contributed by atoms with Gasteiger partial charge < -0.3 is 5.32 Å². The lowest BCUT2D eigenvalue weighted by molar-refractivity contribution is 0.463. The third-order valence-electron chi connectivity index (χ3n) is 3.62. The average Bonchev–Trinajstić information content (AvgIpc) is 2.44. The molecule has 0 aromatic heterocycles. The Bertz CT molecular complexity index is 558. The maximum Gasteiger partial charge on any atom is 0.301 e. The van der Waals surface area contributed by atoms with E-state index < -0.39 is 10.2 Å². The van der Waals surface area contributed by atoms with Gasteiger partial charge in [0.1, 0.15) is 0 Å². The van der Waals surface area contributed by atoms with Crippen LogP contribution in [0.2, 0.25) is 0 Å². The van der Waals surface area contributed by atoms with Crippen molar-refractivity contribution in [3.05, 3.63) is 29.3 Å². The van der Waals surface area contributed by atoms with Crippen molar-refractivity contribution in [3.8, 4) is 0 Å². The van der Waals surface area contributed by atoms with E-state index in [1.54, 1.807) is 7.05 Å². The zero-order chi connectivity index (χ0) is 14.6. The van der Waals surface area contributed by atoms with E-state index in [4.69, 9.17) is 0 Å². The molecule has 0 bridgehead atoms. The van der Waals surface area contributed by atoms with Crippen LogP contribution in [0.3, 0.4) is 0 Å². The first-order chi connectivity index (χ1) is 9.54. The summed E-state index contributed by atoms with van der Waals surface area (Å²) in [6.45, 7) is 4.28. The fourth-order valence-electron chi connectivity index (χ4n) is 2.35. The Morgan fingerprint density at radius 3 is 2.95 bits per heavy atom. The molecule has 1 aromatic rings. The summed E-state index contributed by atoms with van der Waals surface area (Å²) in [4.78, 5) is 0. The third-order valence-corrected chi connectivity index (χ3v) is 5.10. The molecule has 0 unspecified atom stereocenters. The van der Waals surface area contributed by atoms with Gasteiger partial charge in [0.15, 0.2) is 0 Å². The van der Waals surface area contributed by atoms with Gasteiger partial charge in [-0.3, -0.25) is 4.72 Å². The summed E-state index contributed by atoms with van der Waals surface area (Å²) in [6.07, 6.45) is 2.70. The molecule has 0 radical (unpaired) electrons. The first kappa shape index (κ1) is 15.3. The smallest absolute Gasteiger partial charge is 0.301 e. The highest BCUT2D eigenvalue weighted by Crippen LogP contribution is 2.24. The van der Waals surface area contributed by atoms with Crippen LogP contribution in [0, 0.1) is 0 Å². The normalized spacial score (nSPS) is 15.2. The van der Waals surface area contributed by atoms with E-state index in [1.807, 2.05) is 18.2 Å². The molecule has 1 aliphatic rings. The van der Waals surface area contributed by atoms with Gasteiger partial charge in [0, 0.05) is 20.1 Å². The SMILES string of the molecule is CCCCN(C)S(=O)(=O)Nc1cccc2c1CCNC2. The molecule has 0 aliphatic carbocycles. The summed E-state index contributed by atoms with van der Waals surface area (Å²) in [5.74, 6) is 0. The van der Waals surface area contributed by atoms with Crippen molar-refractivity contribution in [2.75, 3.05) is 24.9 Å². The van der Waals surface area contributed by atoms with Crippen molar-refractivity contribution < 1.29 is 8.42 Å². The molecule has 1 heterocycles. The van der Waals surface area contributed by atoms with Crippen LogP contribution in [0.1, 0.15) is 30.9 Å². The molecule has 2 N–H and O–H groups in total. The van der Waals surface area contributed by atoms with E-state index in [0.29, 0.717) is 12.2 Å². The summed E-state index contributed by atoms with van der Waals surface area (Å²) in [5.41, 5.74) is 3.00. The minimum absolute atomic E-state index is 0.544. The number of rotatable bonds is 6. The highest BCUT2D eigenvalue weighted by Gasteiger charge is 2.20. The van der Waals surface area contributed by atoms with Crippen LogP contribution >= 0.6 is 0 Å². The van der Waals surface area contributed by atoms with Gasteiger partial charge in [-0.2, -0.15) is 12.7 Å². The summed E-state index contributed by atoms with van der Waals surface area (Å²) < 4.78 is 28.7. The first-order valence-electron chi connectivity index (χ1n) is 7.10. The molecular formula is C14H23N3O2S. The van der Waals surface area contributed by atoms with Crippen LogP contribution in [0.15, 0.2) is 18.2 Å². The average molecular weight is 297 g/mol. The Hall–Kier alpha value is -1.11. The van der Waals surface area contributed by atoms with Gasteiger partial charge >= 0.3 is 10.2 Å². The van der Waals surface area contributed by atoms with Gasteiger partial charge in [0.2, 0.25) is 0 Å². The van der Waals surface area contributed by atoms with Crippen molar-refractivity contribution in [1.82, 2.24) is 9.62 Å². The number of benzene rings is 1. The lowest BCUT2D eigenvalue weighted by atomic mass is 9.99. The number of nitrogens with one attached hydrogen (secondary N) is 2. The zero-order valence-corrected chi connectivity index (χ0v) is 13.0. The second kappa shape index (κ2) is 6.56. The van der Waals surface area contributed by atoms with Crippen LogP contribution < -0.4 is 10.0 Å². The van der Waals surface area contributed by atoms with E-state index in [2.05, 4.69) is 17.0 Å². The van der Waals surface area contributed by atoms with Gasteiger partial charge in [-0.05, 0) is 36.6 Å². The zero-order valence-electron chi connectivity index (χ0n) is 12.1. The fraction of sp³-hybridized carbons (Fsp3) is 0.571. The quantitative estimate of drug-likeness (QED) is 0.840. The molecule has 0 spiro atoms. The molecule has 0 fully saturated rings. The molecule has 1 aromatic carbocycles. The monoisotopic (exact) mass is 297 g/mol. The van der Waals surface area contributed by atoms with E-state index >= 15 is 0 Å². The minimum Gasteiger partial charge on any atom is -0.312 e. The van der Waals surface area contributed by atoms with Crippen molar-refractivity contribution in [1.29, 1.82) is 0 Å². The number of unbranched alkanes of at least 4 members (excludes halogenated alkanes) is 1. The van der Waals surface area contributed by atoms with Gasteiger partial charge in [0.05, 0.1) is 5.69 Å². The maximum absolute atomic E-state index is 12.3. The summed E-state index contributed by atoms with van der Waals surface area (Å²) >= 11 is 0. The molecule has 6 heteroatoms. The summed E-state index contributed by atoms with van der Waals surface area (Å²) in [6, 6.07) is 5.78. The highest BCUT2D eigenvalue weighted by atomic mass is 32.2. The minimum atomic E-state index is -3.46. The topological polar surface area (TPSA) is 61.4 Å². The largest absolute Gasteiger partial charge is 0.312 e. The number of hydrogen-bond acceptors (Lipinski definition) is 3. The van der Waals surface area contributed by atoms with Crippen LogP contribution in [-0.4, -0.2) is 32.9 Å². The van der Waals surface area contributed by atoms with Gasteiger partial charge in [-0.15, -0.1) is 0 Å². The van der Waals surface area contributed by atoms with Crippen LogP contribution in [-0.2, 0) is 23.2 Å². The summed E-state index contributed by atoms with van der Waals surface area (Å²) in [7, 11) is -1.84. The molecule has 0 saturated carbocycles. The number of anilines is 1. The molecule has 0 amide bonds. The molecule has 1 aliphatic heterocycles. The number of fused-ring (bicyclic) bond motifs is 1. The third kappa shape index (κ3) is 3.50. The van der Waals surface area contributed by atoms with Crippen LogP contribution in [0.25, 0.3) is 0 Å². The van der Waals surface area contributed by atoms with Crippen molar-refractivity contribution in [2.45, 2.75) is 32.7 Å². The number of nitrogens with zero attached hydrogens (tertiary/aromatic N) is 1.